The summed E-state index contributed by atoms with van der Waals surface area (Å²) in [6.07, 6.45) is 0. The zero-order chi connectivity index (χ0) is 30.9. The summed E-state index contributed by atoms with van der Waals surface area (Å²) in [4.78, 5) is 7.59. The van der Waals surface area contributed by atoms with Gasteiger partial charge >= 0.3 is 0 Å². The second-order valence-electron chi connectivity index (χ2n) is 10.5. The number of hydrogen-bond acceptors (Lipinski definition) is 2. The van der Waals surface area contributed by atoms with Crippen molar-refractivity contribution in [3.63, 3.8) is 0 Å². The molecule has 1 heterocycles. The van der Waals surface area contributed by atoms with Crippen molar-refractivity contribution in [2.24, 2.45) is 0 Å². The van der Waals surface area contributed by atoms with Gasteiger partial charge in [0.15, 0.2) is 11.4 Å². The van der Waals surface area contributed by atoms with Crippen LogP contribution in [0, 0.1) is 35.8 Å². The highest BCUT2D eigenvalue weighted by Crippen LogP contribution is 2.47. The van der Waals surface area contributed by atoms with Gasteiger partial charge in [0.25, 0.3) is 0 Å². The minimum absolute atomic E-state index is 0.380. The Labute approximate surface area is 260 Å². The Hall–Kier alpha value is -6.92. The Morgan fingerprint density at radius 3 is 1.51 bits per heavy atom. The van der Waals surface area contributed by atoms with Crippen LogP contribution in [0.3, 0.4) is 0 Å². The molecule has 0 unspecified atom stereocenters. The van der Waals surface area contributed by atoms with Crippen LogP contribution in [0.1, 0.15) is 11.1 Å². The monoisotopic (exact) mass is 571 g/mol. The van der Waals surface area contributed by atoms with Crippen LogP contribution >= 0.6 is 0 Å². The van der Waals surface area contributed by atoms with Crippen molar-refractivity contribution in [2.45, 2.75) is 0 Å². The molecule has 5 heteroatoms. The third kappa shape index (κ3) is 4.29. The van der Waals surface area contributed by atoms with E-state index in [0.717, 1.165) is 49.7 Å². The number of benzene rings is 6. The number of nitrogens with zero attached hydrogens (tertiary/aromatic N) is 5. The van der Waals surface area contributed by atoms with E-state index in [1.54, 1.807) is 36.4 Å². The molecule has 0 radical (unpaired) electrons. The van der Waals surface area contributed by atoms with Crippen molar-refractivity contribution in [1.82, 2.24) is 4.57 Å². The lowest BCUT2D eigenvalue weighted by molar-refractivity contribution is 1.18. The van der Waals surface area contributed by atoms with Crippen LogP contribution in [0.2, 0.25) is 0 Å². The van der Waals surface area contributed by atoms with Gasteiger partial charge in [-0.1, -0.05) is 91.0 Å². The van der Waals surface area contributed by atoms with Crippen LogP contribution in [-0.2, 0) is 0 Å². The molecule has 7 rings (SSSR count). The van der Waals surface area contributed by atoms with Crippen molar-refractivity contribution in [1.29, 1.82) is 10.5 Å². The van der Waals surface area contributed by atoms with Crippen LogP contribution in [0.4, 0.5) is 11.4 Å². The first-order chi connectivity index (χ1) is 22.2. The summed E-state index contributed by atoms with van der Waals surface area (Å²) in [5.41, 5.74) is 9.01. The van der Waals surface area contributed by atoms with Crippen LogP contribution in [0.5, 0.6) is 0 Å². The molecule has 0 spiro atoms. The first-order valence-electron chi connectivity index (χ1n) is 14.2. The van der Waals surface area contributed by atoms with Crippen molar-refractivity contribution < 1.29 is 0 Å². The van der Waals surface area contributed by atoms with Gasteiger partial charge in [-0.25, -0.2) is 9.69 Å². The lowest BCUT2D eigenvalue weighted by atomic mass is 9.90. The first kappa shape index (κ1) is 26.9. The molecule has 6 aromatic carbocycles. The molecular weight excluding hydrogens is 550 g/mol. The largest absolute Gasteiger partial charge is 0.309 e. The van der Waals surface area contributed by atoms with Crippen molar-refractivity contribution in [3.8, 4) is 51.2 Å². The van der Waals surface area contributed by atoms with E-state index in [0.29, 0.717) is 33.6 Å². The molecule has 0 atom stereocenters. The molecular formula is C40H21N5. The van der Waals surface area contributed by atoms with Crippen LogP contribution in [-0.4, -0.2) is 4.57 Å². The summed E-state index contributed by atoms with van der Waals surface area (Å²) >= 11 is 0. The second kappa shape index (κ2) is 11.1. The minimum atomic E-state index is 0.380. The van der Waals surface area contributed by atoms with E-state index in [4.69, 9.17) is 13.1 Å². The van der Waals surface area contributed by atoms with Gasteiger partial charge in [-0.15, -0.1) is 0 Å². The molecule has 0 aliphatic carbocycles. The number of rotatable bonds is 4. The Kier molecular flexibility index (Phi) is 6.62. The summed E-state index contributed by atoms with van der Waals surface area (Å²) in [7, 11) is 0. The lowest BCUT2D eigenvalue weighted by Crippen LogP contribution is -1.95. The SMILES string of the molecule is [C-]#[N+]c1cccc(C#N)c1-c1cccc2c1c1c(-c3c(C#N)cccc3[N+]#[C-])cccc1n2-c1cccc(-c2ccccc2)c1. The fourth-order valence-corrected chi connectivity index (χ4v) is 6.28. The van der Waals surface area contributed by atoms with Gasteiger partial charge in [-0.05, 0) is 58.7 Å². The zero-order valence-electron chi connectivity index (χ0n) is 23.9. The van der Waals surface area contributed by atoms with Gasteiger partial charge in [-0.3, -0.25) is 0 Å². The second-order valence-corrected chi connectivity index (χ2v) is 10.5. The number of aromatic nitrogens is 1. The lowest BCUT2D eigenvalue weighted by Gasteiger charge is -2.12. The number of fused-ring (bicyclic) bond motifs is 3. The van der Waals surface area contributed by atoms with E-state index < -0.39 is 0 Å². The molecule has 45 heavy (non-hydrogen) atoms. The van der Waals surface area contributed by atoms with Gasteiger partial charge in [0, 0.05) is 38.7 Å². The first-order valence-corrected chi connectivity index (χ1v) is 14.2. The molecule has 1 aromatic heterocycles. The summed E-state index contributed by atoms with van der Waals surface area (Å²) < 4.78 is 2.18. The maximum atomic E-state index is 10.1. The van der Waals surface area contributed by atoms with E-state index in [-0.39, 0.29) is 0 Å². The molecule has 0 bridgehead atoms. The Morgan fingerprint density at radius 2 is 1.00 bits per heavy atom. The molecule has 0 saturated heterocycles. The highest BCUT2D eigenvalue weighted by molar-refractivity contribution is 6.22. The van der Waals surface area contributed by atoms with Crippen molar-refractivity contribution in [2.75, 3.05) is 0 Å². The highest BCUT2D eigenvalue weighted by atomic mass is 15.0. The maximum Gasteiger partial charge on any atom is 0.196 e. The fraction of sp³-hybridized carbons (Fsp3) is 0. The molecule has 0 amide bonds. The van der Waals surface area contributed by atoms with Crippen molar-refractivity contribution in [3.05, 3.63) is 161 Å². The predicted octanol–water partition coefficient (Wildman–Crippen LogP) is 10.6. The maximum absolute atomic E-state index is 10.1. The van der Waals surface area contributed by atoms with Crippen molar-refractivity contribution >= 4 is 33.2 Å². The summed E-state index contributed by atoms with van der Waals surface area (Å²) in [6, 6.07) is 45.3. The molecule has 7 aromatic rings. The summed E-state index contributed by atoms with van der Waals surface area (Å²) in [5.74, 6) is 0. The van der Waals surface area contributed by atoms with E-state index in [1.807, 2.05) is 60.7 Å². The molecule has 5 nitrogen and oxygen atoms in total. The van der Waals surface area contributed by atoms with Gasteiger partial charge in [-0.2, -0.15) is 10.5 Å². The highest BCUT2D eigenvalue weighted by Gasteiger charge is 2.24. The standard InChI is InChI=1S/C40H21N5/c1-43-33-19-7-14-28(24-41)37(33)31-17-9-21-35-39(31)40-32(38-29(25-42)15-8-20-34(38)44-2)18-10-22-36(40)45(35)30-16-6-13-27(23-30)26-11-4-3-5-12-26/h3-23H. The van der Waals surface area contributed by atoms with E-state index in [1.165, 1.54) is 0 Å². The summed E-state index contributed by atoms with van der Waals surface area (Å²) in [5, 5.41) is 22.0. The number of hydrogen-bond donors (Lipinski definition) is 0. The molecule has 0 aliphatic rings. The third-order valence-electron chi connectivity index (χ3n) is 8.13. The molecule has 0 N–H and O–H groups in total. The quantitative estimate of drug-likeness (QED) is 0.197. The third-order valence-corrected chi connectivity index (χ3v) is 8.13. The Bertz CT molecular complexity index is 2280. The van der Waals surface area contributed by atoms with Crippen LogP contribution in [0.15, 0.2) is 127 Å². The zero-order valence-corrected chi connectivity index (χ0v) is 23.9. The number of nitriles is 2. The molecule has 0 saturated carbocycles. The minimum Gasteiger partial charge on any atom is -0.309 e. The normalized spacial score (nSPS) is 10.6. The van der Waals surface area contributed by atoms with E-state index >= 15 is 0 Å². The molecule has 0 aliphatic heterocycles. The van der Waals surface area contributed by atoms with Crippen LogP contribution in [0.25, 0.3) is 70.6 Å². The smallest absolute Gasteiger partial charge is 0.196 e. The van der Waals surface area contributed by atoms with Gasteiger partial charge in [0.2, 0.25) is 0 Å². The average molecular weight is 572 g/mol. The van der Waals surface area contributed by atoms with Gasteiger partial charge < -0.3 is 4.57 Å². The Balaban J connectivity index is 1.69. The Morgan fingerprint density at radius 1 is 0.511 bits per heavy atom. The van der Waals surface area contributed by atoms with Gasteiger partial charge in [0.05, 0.1) is 36.3 Å². The molecule has 0 fully saturated rings. The van der Waals surface area contributed by atoms with Crippen LogP contribution < -0.4 is 0 Å². The van der Waals surface area contributed by atoms with E-state index in [9.17, 15) is 10.5 Å². The van der Waals surface area contributed by atoms with Gasteiger partial charge in [0.1, 0.15) is 0 Å². The molecule has 206 valence electrons. The predicted molar refractivity (Wildman–Crippen MR) is 179 cm³/mol. The van der Waals surface area contributed by atoms with E-state index in [2.05, 4.69) is 56.7 Å². The topological polar surface area (TPSA) is 61.2 Å². The summed E-state index contributed by atoms with van der Waals surface area (Å²) in [6.45, 7) is 15.9. The average Bonchev–Trinajstić information content (AvgIpc) is 3.46. The fourth-order valence-electron chi connectivity index (χ4n) is 6.28.